The van der Waals surface area contributed by atoms with Gasteiger partial charge in [0, 0.05) is 6.54 Å². The zero-order valence-corrected chi connectivity index (χ0v) is 9.74. The maximum atomic E-state index is 12.0. The van der Waals surface area contributed by atoms with E-state index in [1.165, 1.54) is 28.6 Å². The van der Waals surface area contributed by atoms with Crippen LogP contribution in [0.1, 0.15) is 6.92 Å². The number of aromatic hydroxyl groups is 1. The van der Waals surface area contributed by atoms with Gasteiger partial charge in [-0.2, -0.15) is 4.31 Å². The second kappa shape index (κ2) is 5.01. The molecule has 0 fully saturated rings. The summed E-state index contributed by atoms with van der Waals surface area (Å²) in [6.07, 6.45) is 5.11. The first-order valence-corrected chi connectivity index (χ1v) is 6.19. The lowest BCUT2D eigenvalue weighted by Gasteiger charge is -2.17. The Labute approximate surface area is 95.6 Å². The second-order valence-corrected chi connectivity index (χ2v) is 5.07. The molecule has 1 rings (SSSR count). The number of phenolic OH excluding ortho intramolecular Hbond substituents is 1. The summed E-state index contributed by atoms with van der Waals surface area (Å²) >= 11 is 0. The van der Waals surface area contributed by atoms with Crippen LogP contribution in [0.25, 0.3) is 0 Å². The molecule has 0 radical (unpaired) electrons. The maximum Gasteiger partial charge on any atom is 0.243 e. The Bertz CT molecular complexity index is 485. The van der Waals surface area contributed by atoms with E-state index in [1.54, 1.807) is 6.92 Å². The molecule has 0 atom stereocenters. The van der Waals surface area contributed by atoms with Crippen LogP contribution in [-0.2, 0) is 10.0 Å². The molecule has 0 aliphatic carbocycles. The van der Waals surface area contributed by atoms with Crippen molar-refractivity contribution in [1.29, 1.82) is 0 Å². The normalized spacial score (nSPS) is 11.3. The number of benzene rings is 1. The summed E-state index contributed by atoms with van der Waals surface area (Å²) in [5.74, 6) is 2.33. The highest BCUT2D eigenvalue weighted by Crippen LogP contribution is 2.18. The van der Waals surface area contributed by atoms with Crippen LogP contribution >= 0.6 is 0 Å². The van der Waals surface area contributed by atoms with Crippen LogP contribution in [0.2, 0.25) is 0 Å². The van der Waals surface area contributed by atoms with Crippen molar-refractivity contribution in [3.05, 3.63) is 24.3 Å². The Morgan fingerprint density at radius 1 is 1.38 bits per heavy atom. The molecule has 1 N–H and O–H groups in total. The van der Waals surface area contributed by atoms with Crippen molar-refractivity contribution in [2.24, 2.45) is 0 Å². The number of nitrogens with zero attached hydrogens (tertiary/aromatic N) is 1. The monoisotopic (exact) mass is 239 g/mol. The van der Waals surface area contributed by atoms with Crippen molar-refractivity contribution in [3.8, 4) is 18.1 Å². The molecule has 0 aliphatic rings. The van der Waals surface area contributed by atoms with Crippen LogP contribution in [-0.4, -0.2) is 30.9 Å². The predicted octanol–water partition coefficient (Wildman–Crippen LogP) is 1.04. The highest BCUT2D eigenvalue weighted by Gasteiger charge is 2.21. The molecule has 1 aromatic carbocycles. The second-order valence-electron chi connectivity index (χ2n) is 3.13. The summed E-state index contributed by atoms with van der Waals surface area (Å²) in [6, 6.07) is 5.36. The number of terminal acetylenes is 1. The maximum absolute atomic E-state index is 12.0. The summed E-state index contributed by atoms with van der Waals surface area (Å²) in [7, 11) is -3.55. The lowest BCUT2D eigenvalue weighted by molar-refractivity contribution is 0.462. The van der Waals surface area contributed by atoms with Gasteiger partial charge in [-0.25, -0.2) is 8.42 Å². The number of hydrogen-bond acceptors (Lipinski definition) is 3. The summed E-state index contributed by atoms with van der Waals surface area (Å²) in [6.45, 7) is 2.07. The molecule has 0 amide bonds. The first-order valence-electron chi connectivity index (χ1n) is 4.75. The lowest BCUT2D eigenvalue weighted by atomic mass is 10.3. The molecule has 1 aromatic rings. The summed E-state index contributed by atoms with van der Waals surface area (Å²) in [5, 5.41) is 9.08. The Balaban J connectivity index is 3.10. The minimum Gasteiger partial charge on any atom is -0.508 e. The number of sulfonamides is 1. The SMILES string of the molecule is C#CCN(CC)S(=O)(=O)c1ccc(O)cc1. The minimum absolute atomic E-state index is 0.0268. The van der Waals surface area contributed by atoms with Gasteiger partial charge in [-0.05, 0) is 24.3 Å². The number of phenols is 1. The number of hydrogen-bond donors (Lipinski definition) is 1. The fraction of sp³-hybridized carbons (Fsp3) is 0.273. The zero-order chi connectivity index (χ0) is 12.2. The van der Waals surface area contributed by atoms with Crippen molar-refractivity contribution >= 4 is 10.0 Å². The standard InChI is InChI=1S/C11H13NO3S/c1-3-9-12(4-2)16(14,15)11-7-5-10(13)6-8-11/h1,5-8,13H,4,9H2,2H3. The average molecular weight is 239 g/mol. The smallest absolute Gasteiger partial charge is 0.243 e. The predicted molar refractivity (Wildman–Crippen MR) is 61.4 cm³/mol. The van der Waals surface area contributed by atoms with E-state index in [0.29, 0.717) is 6.54 Å². The van der Waals surface area contributed by atoms with E-state index in [4.69, 9.17) is 11.5 Å². The van der Waals surface area contributed by atoms with Crippen molar-refractivity contribution in [2.75, 3.05) is 13.1 Å². The van der Waals surface area contributed by atoms with Gasteiger partial charge >= 0.3 is 0 Å². The van der Waals surface area contributed by atoms with Crippen molar-refractivity contribution in [3.63, 3.8) is 0 Å². The Hall–Kier alpha value is -1.51. The van der Waals surface area contributed by atoms with Crippen molar-refractivity contribution < 1.29 is 13.5 Å². The largest absolute Gasteiger partial charge is 0.508 e. The highest BCUT2D eigenvalue weighted by atomic mass is 32.2. The third kappa shape index (κ3) is 2.54. The molecular weight excluding hydrogens is 226 g/mol. The van der Waals surface area contributed by atoms with Crippen LogP contribution < -0.4 is 0 Å². The van der Waals surface area contributed by atoms with E-state index in [0.717, 1.165) is 0 Å². The molecule has 5 heteroatoms. The molecule has 0 aliphatic heterocycles. The Morgan fingerprint density at radius 2 is 1.94 bits per heavy atom. The molecule has 0 unspecified atom stereocenters. The van der Waals surface area contributed by atoms with Gasteiger partial charge in [0.2, 0.25) is 10.0 Å². The fourth-order valence-electron chi connectivity index (χ4n) is 1.24. The topological polar surface area (TPSA) is 57.6 Å². The van der Waals surface area contributed by atoms with Crippen LogP contribution in [0.5, 0.6) is 5.75 Å². The first kappa shape index (κ1) is 12.6. The molecule has 0 spiro atoms. The molecule has 4 nitrogen and oxygen atoms in total. The highest BCUT2D eigenvalue weighted by molar-refractivity contribution is 7.89. The van der Waals surface area contributed by atoms with Gasteiger partial charge in [0.05, 0.1) is 11.4 Å². The van der Waals surface area contributed by atoms with E-state index in [2.05, 4.69) is 5.92 Å². The van der Waals surface area contributed by atoms with Crippen LogP contribution in [0, 0.1) is 12.3 Å². The van der Waals surface area contributed by atoms with Gasteiger partial charge in [0.25, 0.3) is 0 Å². The van der Waals surface area contributed by atoms with Gasteiger partial charge in [0.15, 0.2) is 0 Å². The van der Waals surface area contributed by atoms with E-state index >= 15 is 0 Å². The van der Waals surface area contributed by atoms with E-state index in [-0.39, 0.29) is 17.2 Å². The molecule has 0 heterocycles. The third-order valence-electron chi connectivity index (χ3n) is 2.09. The average Bonchev–Trinajstić information content (AvgIpc) is 2.26. The number of rotatable bonds is 4. The summed E-state index contributed by atoms with van der Waals surface area (Å²) in [5.41, 5.74) is 0. The van der Waals surface area contributed by atoms with Gasteiger partial charge in [-0.3, -0.25) is 0 Å². The molecule has 0 saturated carbocycles. The molecule has 16 heavy (non-hydrogen) atoms. The van der Waals surface area contributed by atoms with Gasteiger partial charge in [0.1, 0.15) is 5.75 Å². The van der Waals surface area contributed by atoms with E-state index < -0.39 is 10.0 Å². The van der Waals surface area contributed by atoms with Crippen LogP contribution in [0.15, 0.2) is 29.2 Å². The molecular formula is C11H13NO3S. The van der Waals surface area contributed by atoms with Crippen molar-refractivity contribution in [1.82, 2.24) is 4.31 Å². The Morgan fingerprint density at radius 3 is 2.38 bits per heavy atom. The quantitative estimate of drug-likeness (QED) is 0.799. The van der Waals surface area contributed by atoms with Gasteiger partial charge in [-0.1, -0.05) is 12.8 Å². The van der Waals surface area contributed by atoms with Crippen LogP contribution in [0.3, 0.4) is 0 Å². The molecule has 0 bridgehead atoms. The van der Waals surface area contributed by atoms with Crippen molar-refractivity contribution in [2.45, 2.75) is 11.8 Å². The van der Waals surface area contributed by atoms with Gasteiger partial charge in [-0.15, -0.1) is 6.42 Å². The van der Waals surface area contributed by atoms with Crippen LogP contribution in [0.4, 0.5) is 0 Å². The molecule has 86 valence electrons. The Kier molecular flexibility index (Phi) is 3.93. The molecule has 0 aromatic heterocycles. The van der Waals surface area contributed by atoms with Gasteiger partial charge < -0.3 is 5.11 Å². The first-order chi connectivity index (χ1) is 7.52. The fourth-order valence-corrected chi connectivity index (χ4v) is 2.60. The third-order valence-corrected chi connectivity index (χ3v) is 4.03. The lowest BCUT2D eigenvalue weighted by Crippen LogP contribution is -2.31. The minimum atomic E-state index is -3.55. The molecule has 0 saturated heterocycles. The summed E-state index contributed by atoms with van der Waals surface area (Å²) < 4.78 is 25.2. The zero-order valence-electron chi connectivity index (χ0n) is 8.92. The van der Waals surface area contributed by atoms with E-state index in [9.17, 15) is 8.42 Å². The summed E-state index contributed by atoms with van der Waals surface area (Å²) in [4.78, 5) is 0.127. The van der Waals surface area contributed by atoms with E-state index in [1.807, 2.05) is 0 Å².